The molecule has 0 radical (unpaired) electrons. The van der Waals surface area contributed by atoms with E-state index in [1.54, 1.807) is 6.08 Å². The molecule has 0 aliphatic carbocycles. The van der Waals surface area contributed by atoms with Gasteiger partial charge in [0.25, 0.3) is 5.91 Å². The molecule has 0 atom stereocenters. The molecule has 2 rings (SSSR count). The maximum Gasteiger partial charge on any atom is 0.264 e. The van der Waals surface area contributed by atoms with Crippen molar-refractivity contribution >= 4 is 33.2 Å². The summed E-state index contributed by atoms with van der Waals surface area (Å²) in [5.41, 5.74) is 1.24. The standard InChI is InChI=1S/C16H16BrNOS/c1-2-11-18(12-10-13-6-4-3-5-7-13)16(19)14-8-9-15(17)20-14/h2-9H,1,10-12H2. The van der Waals surface area contributed by atoms with Crippen molar-refractivity contribution in [3.05, 3.63) is 69.3 Å². The van der Waals surface area contributed by atoms with Gasteiger partial charge in [0.2, 0.25) is 0 Å². The number of nitrogens with zero attached hydrogens (tertiary/aromatic N) is 1. The molecule has 0 saturated carbocycles. The Labute approximate surface area is 131 Å². The molecule has 1 aromatic carbocycles. The van der Waals surface area contributed by atoms with Crippen LogP contribution in [0.2, 0.25) is 0 Å². The predicted octanol–water partition coefficient (Wildman–Crippen LogP) is 4.38. The van der Waals surface area contributed by atoms with Gasteiger partial charge < -0.3 is 4.90 Å². The Hall–Kier alpha value is -1.39. The molecule has 0 N–H and O–H groups in total. The molecule has 0 aliphatic rings. The number of benzene rings is 1. The van der Waals surface area contributed by atoms with Crippen LogP contribution in [0, 0.1) is 0 Å². The van der Waals surface area contributed by atoms with Gasteiger partial charge in [-0.2, -0.15) is 0 Å². The summed E-state index contributed by atoms with van der Waals surface area (Å²) in [5, 5.41) is 0. The summed E-state index contributed by atoms with van der Waals surface area (Å²) in [6, 6.07) is 14.0. The fourth-order valence-corrected chi connectivity index (χ4v) is 3.28. The van der Waals surface area contributed by atoms with Crippen LogP contribution >= 0.6 is 27.3 Å². The van der Waals surface area contributed by atoms with Crippen LogP contribution in [0.15, 0.2) is 58.9 Å². The summed E-state index contributed by atoms with van der Waals surface area (Å²) in [4.78, 5) is 15.0. The molecule has 0 spiro atoms. The van der Waals surface area contributed by atoms with Gasteiger partial charge in [-0.05, 0) is 40.0 Å². The molecule has 104 valence electrons. The first kappa shape index (κ1) is 15.0. The minimum atomic E-state index is 0.0662. The Morgan fingerprint density at radius 3 is 2.60 bits per heavy atom. The number of thiophene rings is 1. The van der Waals surface area contributed by atoms with Crippen LogP contribution in [-0.4, -0.2) is 23.9 Å². The van der Waals surface area contributed by atoms with E-state index in [1.165, 1.54) is 16.9 Å². The van der Waals surface area contributed by atoms with Gasteiger partial charge in [-0.15, -0.1) is 17.9 Å². The molecule has 20 heavy (non-hydrogen) atoms. The highest BCUT2D eigenvalue weighted by Gasteiger charge is 2.16. The SMILES string of the molecule is C=CCN(CCc1ccccc1)C(=O)c1ccc(Br)s1. The molecule has 1 aromatic heterocycles. The second-order valence-electron chi connectivity index (χ2n) is 4.38. The smallest absolute Gasteiger partial charge is 0.264 e. The van der Waals surface area contributed by atoms with Gasteiger partial charge in [0.05, 0.1) is 8.66 Å². The summed E-state index contributed by atoms with van der Waals surface area (Å²) >= 11 is 4.85. The van der Waals surface area contributed by atoms with Crippen LogP contribution in [0.25, 0.3) is 0 Å². The first-order valence-corrected chi connectivity index (χ1v) is 8.01. The highest BCUT2D eigenvalue weighted by atomic mass is 79.9. The summed E-state index contributed by atoms with van der Waals surface area (Å²) in [6.45, 7) is 5.01. The van der Waals surface area contributed by atoms with Crippen LogP contribution in [0.1, 0.15) is 15.2 Å². The summed E-state index contributed by atoms with van der Waals surface area (Å²) in [5.74, 6) is 0.0662. The molecule has 1 amide bonds. The van der Waals surface area contributed by atoms with Gasteiger partial charge in [0.1, 0.15) is 0 Å². The van der Waals surface area contributed by atoms with E-state index in [1.807, 2.05) is 35.2 Å². The lowest BCUT2D eigenvalue weighted by atomic mass is 10.1. The third-order valence-corrected chi connectivity index (χ3v) is 4.55. The van der Waals surface area contributed by atoms with E-state index in [0.29, 0.717) is 13.1 Å². The van der Waals surface area contributed by atoms with E-state index in [2.05, 4.69) is 34.6 Å². The molecule has 2 aromatic rings. The molecule has 0 unspecified atom stereocenters. The van der Waals surface area contributed by atoms with E-state index in [9.17, 15) is 4.79 Å². The molecule has 0 bridgehead atoms. The lowest BCUT2D eigenvalue weighted by Crippen LogP contribution is -2.32. The second-order valence-corrected chi connectivity index (χ2v) is 6.84. The van der Waals surface area contributed by atoms with Gasteiger partial charge in [-0.3, -0.25) is 4.79 Å². The van der Waals surface area contributed by atoms with Crippen molar-refractivity contribution in [2.24, 2.45) is 0 Å². The average molecular weight is 350 g/mol. The maximum atomic E-state index is 12.4. The molecule has 1 heterocycles. The van der Waals surface area contributed by atoms with Gasteiger partial charge in [-0.25, -0.2) is 0 Å². The molecular weight excluding hydrogens is 334 g/mol. The van der Waals surface area contributed by atoms with E-state index < -0.39 is 0 Å². The number of carbonyl (C=O) groups excluding carboxylic acids is 1. The van der Waals surface area contributed by atoms with Crippen molar-refractivity contribution in [1.82, 2.24) is 4.90 Å². The molecular formula is C16H16BrNOS. The fourth-order valence-electron chi connectivity index (χ4n) is 1.93. The fraction of sp³-hybridized carbons (Fsp3) is 0.188. The van der Waals surface area contributed by atoms with E-state index in [4.69, 9.17) is 0 Å². The van der Waals surface area contributed by atoms with Gasteiger partial charge >= 0.3 is 0 Å². The zero-order valence-electron chi connectivity index (χ0n) is 11.1. The van der Waals surface area contributed by atoms with Crippen molar-refractivity contribution in [2.45, 2.75) is 6.42 Å². The van der Waals surface area contributed by atoms with Crippen molar-refractivity contribution in [1.29, 1.82) is 0 Å². The molecule has 0 saturated heterocycles. The Kier molecular flexibility index (Phi) is 5.56. The van der Waals surface area contributed by atoms with Crippen LogP contribution in [0.3, 0.4) is 0 Å². The first-order valence-electron chi connectivity index (χ1n) is 6.40. The molecule has 0 aliphatic heterocycles. The third-order valence-electron chi connectivity index (χ3n) is 2.93. The molecule has 0 fully saturated rings. The number of halogens is 1. The number of amides is 1. The Morgan fingerprint density at radius 1 is 1.25 bits per heavy atom. The van der Waals surface area contributed by atoms with Crippen LogP contribution in [-0.2, 0) is 6.42 Å². The average Bonchev–Trinajstić information content (AvgIpc) is 2.90. The van der Waals surface area contributed by atoms with Crippen molar-refractivity contribution in [3.63, 3.8) is 0 Å². The summed E-state index contributed by atoms with van der Waals surface area (Å²) in [6.07, 6.45) is 2.62. The van der Waals surface area contributed by atoms with Gasteiger partial charge in [0, 0.05) is 13.1 Å². The largest absolute Gasteiger partial charge is 0.334 e. The number of hydrogen-bond donors (Lipinski definition) is 0. The predicted molar refractivity (Wildman–Crippen MR) is 88.3 cm³/mol. The van der Waals surface area contributed by atoms with E-state index >= 15 is 0 Å². The van der Waals surface area contributed by atoms with Gasteiger partial charge in [0.15, 0.2) is 0 Å². The Bertz CT molecular complexity index is 579. The van der Waals surface area contributed by atoms with E-state index in [-0.39, 0.29) is 5.91 Å². The lowest BCUT2D eigenvalue weighted by Gasteiger charge is -2.20. The third kappa shape index (κ3) is 4.05. The van der Waals surface area contributed by atoms with Crippen LogP contribution in [0.5, 0.6) is 0 Å². The quantitative estimate of drug-likeness (QED) is 0.708. The zero-order valence-corrected chi connectivity index (χ0v) is 13.5. The minimum Gasteiger partial charge on any atom is -0.334 e. The highest BCUT2D eigenvalue weighted by Crippen LogP contribution is 2.23. The molecule has 4 heteroatoms. The topological polar surface area (TPSA) is 20.3 Å². The number of carbonyl (C=O) groups is 1. The van der Waals surface area contributed by atoms with Crippen LogP contribution in [0.4, 0.5) is 0 Å². The van der Waals surface area contributed by atoms with Crippen LogP contribution < -0.4 is 0 Å². The Balaban J connectivity index is 2.03. The highest BCUT2D eigenvalue weighted by molar-refractivity contribution is 9.11. The zero-order chi connectivity index (χ0) is 14.4. The Morgan fingerprint density at radius 2 is 2.00 bits per heavy atom. The van der Waals surface area contributed by atoms with Crippen molar-refractivity contribution in [2.75, 3.05) is 13.1 Å². The second kappa shape index (κ2) is 7.41. The van der Waals surface area contributed by atoms with E-state index in [0.717, 1.165) is 15.1 Å². The summed E-state index contributed by atoms with van der Waals surface area (Å²) in [7, 11) is 0. The van der Waals surface area contributed by atoms with Crippen molar-refractivity contribution in [3.8, 4) is 0 Å². The maximum absolute atomic E-state index is 12.4. The van der Waals surface area contributed by atoms with Gasteiger partial charge in [-0.1, -0.05) is 36.4 Å². The summed E-state index contributed by atoms with van der Waals surface area (Å²) < 4.78 is 0.975. The minimum absolute atomic E-state index is 0.0662. The molecule has 2 nitrogen and oxygen atoms in total. The lowest BCUT2D eigenvalue weighted by molar-refractivity contribution is 0.0780. The normalized spacial score (nSPS) is 10.2. The number of rotatable bonds is 6. The first-order chi connectivity index (χ1) is 9.70. The number of hydrogen-bond acceptors (Lipinski definition) is 2. The monoisotopic (exact) mass is 349 g/mol. The van der Waals surface area contributed by atoms with Crippen molar-refractivity contribution < 1.29 is 4.79 Å².